The third-order valence-corrected chi connectivity index (χ3v) is 2.87. The summed E-state index contributed by atoms with van der Waals surface area (Å²) in [5.74, 6) is -2.35. The van der Waals surface area contributed by atoms with Gasteiger partial charge in [0.1, 0.15) is 0 Å². The molecule has 2 rings (SSSR count). The van der Waals surface area contributed by atoms with E-state index < -0.39 is 29.4 Å². The second-order valence-corrected chi connectivity index (χ2v) is 4.99. The Morgan fingerprint density at radius 1 is 1.23 bits per heavy atom. The highest BCUT2D eigenvalue weighted by Crippen LogP contribution is 2.47. The molecule has 1 aromatic carbocycles. The van der Waals surface area contributed by atoms with E-state index in [0.29, 0.717) is 0 Å². The lowest BCUT2D eigenvalue weighted by Crippen LogP contribution is -2.09. The summed E-state index contributed by atoms with van der Waals surface area (Å²) in [6, 6.07) is 4.35. The third-order valence-electron chi connectivity index (χ3n) is 2.43. The van der Waals surface area contributed by atoms with Gasteiger partial charge in [-0.3, -0.25) is 10.1 Å². The summed E-state index contributed by atoms with van der Waals surface area (Å²) in [6.07, 6.45) is -1.46. The zero-order valence-electron chi connectivity index (χ0n) is 11.0. The Bertz CT molecular complexity index is 735. The molecule has 0 unspecified atom stereocenters. The van der Waals surface area contributed by atoms with Gasteiger partial charge in [0.25, 0.3) is 5.88 Å². The minimum absolute atomic E-state index is 0.149. The molecule has 0 atom stereocenters. The average molecular weight is 346 g/mol. The highest BCUT2D eigenvalue weighted by Gasteiger charge is 2.25. The van der Waals surface area contributed by atoms with Crippen molar-refractivity contribution in [3.8, 4) is 22.8 Å². The molecule has 3 N–H and O–H groups in total. The molecule has 0 saturated carbocycles. The number of esters is 1. The summed E-state index contributed by atoms with van der Waals surface area (Å²) >= 11 is 11.7. The van der Waals surface area contributed by atoms with Gasteiger partial charge in [0.15, 0.2) is 5.76 Å². The van der Waals surface area contributed by atoms with Gasteiger partial charge in [-0.25, -0.2) is 4.79 Å². The molecule has 2 aromatic rings. The van der Waals surface area contributed by atoms with Crippen LogP contribution in [0.4, 0.5) is 10.7 Å². The standard InChI is InChI=1S/C13H9Cl2NO6/c1-5(17)21-11-9(18)10(22-12(11)16-13(19)20)6-2-7(14)4-8(15)3-6/h2-4,16,18H,1H3,(H,19,20). The molecule has 22 heavy (non-hydrogen) atoms. The Morgan fingerprint density at radius 3 is 2.32 bits per heavy atom. The average Bonchev–Trinajstić information content (AvgIpc) is 2.65. The lowest BCUT2D eigenvalue weighted by atomic mass is 10.1. The van der Waals surface area contributed by atoms with E-state index in [1.807, 2.05) is 5.32 Å². The molecule has 0 aliphatic carbocycles. The molecule has 0 radical (unpaired) electrons. The maximum Gasteiger partial charge on any atom is 0.411 e. The zero-order chi connectivity index (χ0) is 16.4. The van der Waals surface area contributed by atoms with Gasteiger partial charge < -0.3 is 19.4 Å². The third kappa shape index (κ3) is 3.44. The largest absolute Gasteiger partial charge is 0.502 e. The minimum atomic E-state index is -1.46. The van der Waals surface area contributed by atoms with Gasteiger partial charge in [-0.15, -0.1) is 0 Å². The highest BCUT2D eigenvalue weighted by molar-refractivity contribution is 6.35. The second kappa shape index (κ2) is 6.17. The Hall–Kier alpha value is -2.38. The Morgan fingerprint density at radius 2 is 1.82 bits per heavy atom. The molecular weight excluding hydrogens is 337 g/mol. The number of rotatable bonds is 3. The zero-order valence-corrected chi connectivity index (χ0v) is 12.5. The molecule has 0 aliphatic rings. The molecule has 1 aromatic heterocycles. The first-order valence-corrected chi connectivity index (χ1v) is 6.54. The second-order valence-electron chi connectivity index (χ2n) is 4.12. The van der Waals surface area contributed by atoms with Gasteiger partial charge in [0.2, 0.25) is 11.5 Å². The molecule has 9 heteroatoms. The van der Waals surface area contributed by atoms with E-state index in [1.54, 1.807) is 0 Å². The van der Waals surface area contributed by atoms with Crippen LogP contribution < -0.4 is 10.1 Å². The van der Waals surface area contributed by atoms with E-state index in [4.69, 9.17) is 37.5 Å². The maximum absolute atomic E-state index is 11.1. The first kappa shape index (κ1) is 16.0. The quantitative estimate of drug-likeness (QED) is 0.726. The molecule has 0 saturated heterocycles. The number of carboxylic acid groups (broad SMARTS) is 1. The number of furan rings is 1. The maximum atomic E-state index is 11.1. The summed E-state index contributed by atoms with van der Waals surface area (Å²) in [7, 11) is 0. The summed E-state index contributed by atoms with van der Waals surface area (Å²) < 4.78 is 9.98. The Balaban J connectivity index is 2.58. The number of aromatic hydroxyl groups is 1. The molecule has 1 heterocycles. The number of hydrogen-bond donors (Lipinski definition) is 3. The van der Waals surface area contributed by atoms with Crippen LogP contribution in [0.25, 0.3) is 11.3 Å². The molecule has 7 nitrogen and oxygen atoms in total. The van der Waals surface area contributed by atoms with Crippen LogP contribution in [0.3, 0.4) is 0 Å². The smallest absolute Gasteiger partial charge is 0.411 e. The van der Waals surface area contributed by atoms with Crippen LogP contribution >= 0.6 is 23.2 Å². The van der Waals surface area contributed by atoms with Gasteiger partial charge in [-0.2, -0.15) is 0 Å². The topological polar surface area (TPSA) is 109 Å². The number of ether oxygens (including phenoxy) is 1. The van der Waals surface area contributed by atoms with E-state index in [0.717, 1.165) is 6.92 Å². The van der Waals surface area contributed by atoms with Gasteiger partial charge in [-0.1, -0.05) is 23.2 Å². The summed E-state index contributed by atoms with van der Waals surface area (Å²) in [5.41, 5.74) is 0.279. The van der Waals surface area contributed by atoms with Crippen LogP contribution in [0.1, 0.15) is 6.92 Å². The number of halogens is 2. The highest BCUT2D eigenvalue weighted by atomic mass is 35.5. The van der Waals surface area contributed by atoms with Crippen molar-refractivity contribution in [3.63, 3.8) is 0 Å². The van der Waals surface area contributed by atoms with Crippen molar-refractivity contribution >= 4 is 41.1 Å². The number of nitrogens with one attached hydrogen (secondary N) is 1. The molecule has 116 valence electrons. The fourth-order valence-electron chi connectivity index (χ4n) is 1.71. The van der Waals surface area contributed by atoms with Crippen LogP contribution in [-0.2, 0) is 4.79 Å². The molecule has 0 spiro atoms. The van der Waals surface area contributed by atoms with Gasteiger partial charge in [0, 0.05) is 22.5 Å². The van der Waals surface area contributed by atoms with Crippen molar-refractivity contribution in [3.05, 3.63) is 28.2 Å². The van der Waals surface area contributed by atoms with Crippen molar-refractivity contribution in [1.82, 2.24) is 0 Å². The summed E-state index contributed by atoms with van der Waals surface area (Å²) in [5, 5.41) is 21.3. The Kier molecular flexibility index (Phi) is 4.48. The predicted octanol–water partition coefficient (Wildman–Crippen LogP) is 3.97. The lowest BCUT2D eigenvalue weighted by Gasteiger charge is -2.01. The van der Waals surface area contributed by atoms with Crippen LogP contribution in [-0.4, -0.2) is 22.3 Å². The predicted molar refractivity (Wildman–Crippen MR) is 78.8 cm³/mol. The minimum Gasteiger partial charge on any atom is -0.502 e. The van der Waals surface area contributed by atoms with Crippen LogP contribution in [0.5, 0.6) is 11.5 Å². The molecule has 1 amide bonds. The number of anilines is 1. The molecular formula is C13H9Cl2NO6. The first-order chi connectivity index (χ1) is 10.3. The Labute approximate surface area is 134 Å². The van der Waals surface area contributed by atoms with Crippen molar-refractivity contribution in [1.29, 1.82) is 0 Å². The van der Waals surface area contributed by atoms with Crippen molar-refractivity contribution in [2.45, 2.75) is 6.92 Å². The van der Waals surface area contributed by atoms with Crippen molar-refractivity contribution < 1.29 is 29.0 Å². The number of hydrogen-bond acceptors (Lipinski definition) is 5. The monoisotopic (exact) mass is 345 g/mol. The number of benzene rings is 1. The van der Waals surface area contributed by atoms with Crippen LogP contribution in [0, 0.1) is 0 Å². The number of carbonyl (C=O) groups is 2. The van der Waals surface area contributed by atoms with E-state index >= 15 is 0 Å². The molecule has 0 bridgehead atoms. The SMILES string of the molecule is CC(=O)Oc1c(NC(=O)O)oc(-c2cc(Cl)cc(Cl)c2)c1O. The molecule has 0 aliphatic heterocycles. The van der Waals surface area contributed by atoms with Crippen LogP contribution in [0.15, 0.2) is 22.6 Å². The molecule has 0 fully saturated rings. The van der Waals surface area contributed by atoms with Crippen molar-refractivity contribution in [2.24, 2.45) is 0 Å². The van der Waals surface area contributed by atoms with Gasteiger partial charge >= 0.3 is 12.1 Å². The van der Waals surface area contributed by atoms with Gasteiger partial charge in [-0.05, 0) is 18.2 Å². The van der Waals surface area contributed by atoms with Gasteiger partial charge in [0.05, 0.1) is 0 Å². The fraction of sp³-hybridized carbons (Fsp3) is 0.0769. The van der Waals surface area contributed by atoms with E-state index in [-0.39, 0.29) is 21.4 Å². The fourth-order valence-corrected chi connectivity index (χ4v) is 2.23. The van der Waals surface area contributed by atoms with E-state index in [2.05, 4.69) is 0 Å². The lowest BCUT2D eigenvalue weighted by molar-refractivity contribution is -0.132. The number of carbonyl (C=O) groups excluding carboxylic acids is 1. The summed E-state index contributed by atoms with van der Waals surface area (Å²) in [4.78, 5) is 21.8. The first-order valence-electron chi connectivity index (χ1n) is 5.78. The van der Waals surface area contributed by atoms with Crippen molar-refractivity contribution in [2.75, 3.05) is 5.32 Å². The normalized spacial score (nSPS) is 10.3. The van der Waals surface area contributed by atoms with E-state index in [9.17, 15) is 14.7 Å². The van der Waals surface area contributed by atoms with Crippen LogP contribution in [0.2, 0.25) is 10.0 Å². The van der Waals surface area contributed by atoms with E-state index in [1.165, 1.54) is 18.2 Å². The summed E-state index contributed by atoms with van der Waals surface area (Å²) in [6.45, 7) is 1.09. The number of amides is 1.